The second kappa shape index (κ2) is 10.4. The molecule has 3 aromatic rings. The molecule has 0 unspecified atom stereocenters. The van der Waals surface area contributed by atoms with Gasteiger partial charge < -0.3 is 20.6 Å². The number of nitrogens with two attached hydrogens (primary N) is 2. The quantitative estimate of drug-likeness (QED) is 0.197. The molecule has 5 N–H and O–H groups in total. The number of nitrogens with zero attached hydrogens (tertiary/aromatic N) is 4. The predicted octanol–water partition coefficient (Wildman–Crippen LogP) is 2.94. The Balaban J connectivity index is 1.47. The normalized spacial score (nSPS) is 15.0. The summed E-state index contributed by atoms with van der Waals surface area (Å²) >= 11 is 0. The summed E-state index contributed by atoms with van der Waals surface area (Å²) in [5.41, 5.74) is 9.55. The molecule has 4 rings (SSSR count). The summed E-state index contributed by atoms with van der Waals surface area (Å²) in [6.45, 7) is 1.89. The average Bonchev–Trinajstić information content (AvgIpc) is 2.82. The summed E-state index contributed by atoms with van der Waals surface area (Å²) in [6.07, 6.45) is 8.48. The molecule has 1 aliphatic carbocycles. The lowest BCUT2D eigenvalue weighted by molar-refractivity contribution is 0.210. The van der Waals surface area contributed by atoms with E-state index in [1.807, 2.05) is 12.1 Å². The van der Waals surface area contributed by atoms with Crippen molar-refractivity contribution in [2.24, 2.45) is 10.9 Å². The van der Waals surface area contributed by atoms with E-state index in [0.29, 0.717) is 25.6 Å². The number of hydrogen-bond donors (Lipinski definition) is 3. The minimum Gasteiger partial charge on any atom is -0.391 e. The van der Waals surface area contributed by atoms with Gasteiger partial charge in [0.2, 0.25) is 11.8 Å². The summed E-state index contributed by atoms with van der Waals surface area (Å²) < 4.78 is 5.04. The highest BCUT2D eigenvalue weighted by molar-refractivity contribution is 5.93. The van der Waals surface area contributed by atoms with Gasteiger partial charge in [-0.2, -0.15) is 5.90 Å². The topological polar surface area (TPSA) is 134 Å². The first-order chi connectivity index (χ1) is 16.1. The molecule has 2 aromatic heterocycles. The van der Waals surface area contributed by atoms with Gasteiger partial charge in [0.05, 0.1) is 18.7 Å². The highest BCUT2D eigenvalue weighted by Crippen LogP contribution is 2.44. The monoisotopic (exact) mass is 447 g/mol. The van der Waals surface area contributed by atoms with Gasteiger partial charge in [-0.1, -0.05) is 30.7 Å². The highest BCUT2D eigenvalue weighted by atomic mass is 16.6. The van der Waals surface area contributed by atoms with Crippen molar-refractivity contribution >= 4 is 17.7 Å². The molecular formula is C24H29N7O2. The molecule has 33 heavy (non-hydrogen) atoms. The van der Waals surface area contributed by atoms with Crippen LogP contribution < -0.4 is 16.9 Å². The fraction of sp³-hybridized carbons (Fsp3) is 0.333. The lowest BCUT2D eigenvalue weighted by atomic mass is 9.64. The third-order valence-electron chi connectivity index (χ3n) is 6.07. The van der Waals surface area contributed by atoms with E-state index in [1.54, 1.807) is 25.7 Å². The van der Waals surface area contributed by atoms with Crippen LogP contribution in [0.3, 0.4) is 0 Å². The van der Waals surface area contributed by atoms with Crippen LogP contribution in [-0.4, -0.2) is 47.7 Å². The fourth-order valence-corrected chi connectivity index (χ4v) is 3.97. The van der Waals surface area contributed by atoms with E-state index in [4.69, 9.17) is 26.2 Å². The first-order valence-corrected chi connectivity index (χ1v) is 10.9. The molecule has 1 saturated carbocycles. The number of pyridine rings is 1. The molecule has 1 fully saturated rings. The molecule has 0 spiro atoms. The van der Waals surface area contributed by atoms with Gasteiger partial charge in [0.1, 0.15) is 5.82 Å². The maximum atomic E-state index is 5.59. The van der Waals surface area contributed by atoms with Gasteiger partial charge >= 0.3 is 0 Å². The molecule has 0 saturated heterocycles. The Hall–Kier alpha value is -3.56. The Morgan fingerprint density at radius 2 is 1.79 bits per heavy atom. The third-order valence-corrected chi connectivity index (χ3v) is 6.07. The largest absolute Gasteiger partial charge is 0.391 e. The van der Waals surface area contributed by atoms with E-state index < -0.39 is 0 Å². The van der Waals surface area contributed by atoms with Crippen LogP contribution in [-0.2, 0) is 15.0 Å². The Morgan fingerprint density at radius 3 is 2.36 bits per heavy atom. The van der Waals surface area contributed by atoms with Crippen molar-refractivity contribution < 1.29 is 9.57 Å². The molecule has 9 nitrogen and oxygen atoms in total. The van der Waals surface area contributed by atoms with Crippen LogP contribution in [0.25, 0.3) is 11.1 Å². The molecule has 0 bridgehead atoms. The zero-order valence-corrected chi connectivity index (χ0v) is 18.7. The molecule has 1 aliphatic rings. The van der Waals surface area contributed by atoms with Crippen LogP contribution in [0, 0.1) is 0 Å². The Kier molecular flexibility index (Phi) is 7.11. The number of benzene rings is 1. The van der Waals surface area contributed by atoms with Crippen LogP contribution in [0.1, 0.15) is 30.4 Å². The number of nitrogens with one attached hydrogen (secondary N) is 1. The molecule has 0 radical (unpaired) electrons. The van der Waals surface area contributed by atoms with Gasteiger partial charge in [-0.3, -0.25) is 0 Å². The predicted molar refractivity (Wildman–Crippen MR) is 129 cm³/mol. The molecule has 0 atom stereocenters. The van der Waals surface area contributed by atoms with Crippen LogP contribution >= 0.6 is 0 Å². The Bertz CT molecular complexity index is 1060. The standard InChI is InChI=1S/C24H29N7O2/c1-32-12-11-27-21-8-5-18(13-28-21)22(33-26)31-16-24(9-2-10-24)20-6-3-17(4-7-20)19-14-29-23(25)30-15-19/h3-8,13-15H,2,9-12,16,26H2,1H3,(H,27,28)(H2,25,29,30). The van der Waals surface area contributed by atoms with E-state index in [9.17, 15) is 0 Å². The van der Waals surface area contributed by atoms with Crippen molar-refractivity contribution in [3.63, 3.8) is 0 Å². The number of ether oxygens (including phenoxy) is 1. The van der Waals surface area contributed by atoms with E-state index in [0.717, 1.165) is 35.3 Å². The van der Waals surface area contributed by atoms with Crippen molar-refractivity contribution in [1.29, 1.82) is 0 Å². The van der Waals surface area contributed by atoms with Crippen LogP contribution in [0.4, 0.5) is 11.8 Å². The molecule has 1 aromatic carbocycles. The molecule has 2 heterocycles. The van der Waals surface area contributed by atoms with Crippen molar-refractivity contribution in [2.45, 2.75) is 24.7 Å². The molecule has 172 valence electrons. The smallest absolute Gasteiger partial charge is 0.241 e. The van der Waals surface area contributed by atoms with E-state index in [1.165, 1.54) is 12.0 Å². The van der Waals surface area contributed by atoms with E-state index in [-0.39, 0.29) is 11.4 Å². The second-order valence-electron chi connectivity index (χ2n) is 8.13. The van der Waals surface area contributed by atoms with Crippen molar-refractivity contribution in [3.8, 4) is 11.1 Å². The van der Waals surface area contributed by atoms with Crippen molar-refractivity contribution in [3.05, 3.63) is 66.1 Å². The summed E-state index contributed by atoms with van der Waals surface area (Å²) in [5.74, 6) is 6.96. The number of methoxy groups -OCH3 is 1. The first-order valence-electron chi connectivity index (χ1n) is 10.9. The Labute approximate surface area is 193 Å². The number of anilines is 2. The van der Waals surface area contributed by atoms with Gasteiger partial charge in [-0.15, -0.1) is 0 Å². The molecule has 0 amide bonds. The van der Waals surface area contributed by atoms with Gasteiger partial charge in [-0.05, 0) is 36.1 Å². The summed E-state index contributed by atoms with van der Waals surface area (Å²) in [7, 11) is 1.66. The van der Waals surface area contributed by atoms with Crippen molar-refractivity contribution in [1.82, 2.24) is 15.0 Å². The number of hydrogen-bond acceptors (Lipinski definition) is 9. The second-order valence-corrected chi connectivity index (χ2v) is 8.13. The number of aromatic nitrogens is 3. The minimum absolute atomic E-state index is 0.0188. The van der Waals surface area contributed by atoms with Gasteiger partial charge in [0, 0.05) is 43.2 Å². The molecule has 0 aliphatic heterocycles. The molecular weight excluding hydrogens is 418 g/mol. The summed E-state index contributed by atoms with van der Waals surface area (Å²) in [6, 6.07) is 12.3. The molecule has 9 heteroatoms. The van der Waals surface area contributed by atoms with Crippen molar-refractivity contribution in [2.75, 3.05) is 37.9 Å². The minimum atomic E-state index is -0.0188. The highest BCUT2D eigenvalue weighted by Gasteiger charge is 2.38. The fourth-order valence-electron chi connectivity index (χ4n) is 3.97. The lowest BCUT2D eigenvalue weighted by Gasteiger charge is -2.41. The third kappa shape index (κ3) is 5.27. The number of aliphatic imine (C=N–C) groups is 1. The number of rotatable bonds is 9. The number of nitrogen functional groups attached to an aromatic ring is 1. The van der Waals surface area contributed by atoms with Gasteiger partial charge in [0.15, 0.2) is 0 Å². The van der Waals surface area contributed by atoms with E-state index >= 15 is 0 Å². The van der Waals surface area contributed by atoms with Crippen LogP contribution in [0.5, 0.6) is 0 Å². The van der Waals surface area contributed by atoms with Gasteiger partial charge in [0.25, 0.3) is 0 Å². The summed E-state index contributed by atoms with van der Waals surface area (Å²) in [4.78, 5) is 22.4. The Morgan fingerprint density at radius 1 is 1.03 bits per heavy atom. The van der Waals surface area contributed by atoms with Gasteiger partial charge in [-0.25, -0.2) is 19.9 Å². The zero-order chi connectivity index (χ0) is 23.1. The lowest BCUT2D eigenvalue weighted by Crippen LogP contribution is -2.37. The maximum absolute atomic E-state index is 5.59. The van der Waals surface area contributed by atoms with Crippen LogP contribution in [0.2, 0.25) is 0 Å². The summed E-state index contributed by atoms with van der Waals surface area (Å²) in [5, 5.41) is 3.18. The first kappa shape index (κ1) is 22.6. The maximum Gasteiger partial charge on any atom is 0.241 e. The average molecular weight is 448 g/mol. The SMILES string of the molecule is COCCNc1ccc(C(=NCC2(c3ccc(-c4cnc(N)nc4)cc3)CCC2)ON)cn1. The zero-order valence-electron chi connectivity index (χ0n) is 18.7. The van der Waals surface area contributed by atoms with Crippen LogP contribution in [0.15, 0.2) is 60.0 Å². The van der Waals surface area contributed by atoms with E-state index in [2.05, 4.69) is 44.5 Å².